The van der Waals surface area contributed by atoms with Gasteiger partial charge < -0.3 is 20.1 Å². The summed E-state index contributed by atoms with van der Waals surface area (Å²) in [6, 6.07) is 3.61. The number of hydrogen-bond acceptors (Lipinski definition) is 4. The summed E-state index contributed by atoms with van der Waals surface area (Å²) in [5.41, 5.74) is 0.685. The van der Waals surface area contributed by atoms with Gasteiger partial charge in [0.15, 0.2) is 11.5 Å². The average molecular weight is 371 g/mol. The van der Waals surface area contributed by atoms with Gasteiger partial charge in [0.25, 0.3) is 0 Å². The molecule has 0 bridgehead atoms. The topological polar surface area (TPSA) is 59.6 Å². The Kier molecular flexibility index (Phi) is 6.51. The van der Waals surface area contributed by atoms with Crippen molar-refractivity contribution in [1.82, 2.24) is 5.32 Å². The van der Waals surface area contributed by atoms with E-state index in [9.17, 15) is 4.79 Å². The summed E-state index contributed by atoms with van der Waals surface area (Å²) in [4.78, 5) is 12.0. The van der Waals surface area contributed by atoms with Crippen LogP contribution in [0.15, 0.2) is 16.6 Å². The lowest BCUT2D eigenvalue weighted by atomic mass is 10.2. The van der Waals surface area contributed by atoms with E-state index in [2.05, 4.69) is 26.6 Å². The van der Waals surface area contributed by atoms with Crippen molar-refractivity contribution in [3.05, 3.63) is 16.6 Å². The maximum absolute atomic E-state index is 12.0. The lowest BCUT2D eigenvalue weighted by Crippen LogP contribution is -2.29. The van der Waals surface area contributed by atoms with E-state index in [0.29, 0.717) is 36.9 Å². The normalized spacial score (nSPS) is 13.8. The molecule has 1 amide bonds. The van der Waals surface area contributed by atoms with E-state index in [-0.39, 0.29) is 5.91 Å². The molecule has 2 rings (SSSR count). The molecule has 1 fully saturated rings. The summed E-state index contributed by atoms with van der Waals surface area (Å²) in [7, 11) is 0. The Morgan fingerprint density at radius 1 is 1.23 bits per heavy atom. The number of hydrogen-bond donors (Lipinski definition) is 2. The average Bonchev–Trinajstić information content (AvgIpc) is 3.28. The van der Waals surface area contributed by atoms with E-state index in [1.807, 2.05) is 19.9 Å². The van der Waals surface area contributed by atoms with Gasteiger partial charge >= 0.3 is 0 Å². The predicted octanol–water partition coefficient (Wildman–Crippen LogP) is 3.18. The first-order valence-corrected chi connectivity index (χ1v) is 8.53. The lowest BCUT2D eigenvalue weighted by Gasteiger charge is -2.15. The summed E-state index contributed by atoms with van der Waals surface area (Å²) >= 11 is 3.46. The number of anilines is 1. The lowest BCUT2D eigenvalue weighted by molar-refractivity contribution is -0.115. The Morgan fingerprint density at radius 3 is 2.45 bits per heavy atom. The standard InChI is InChI=1S/C16H23BrN2O3/c1-3-21-14-7-12(17)13(8-15(14)22-4-2)19-16(20)10-18-9-11-5-6-11/h7-8,11,18H,3-6,9-10H2,1-2H3,(H,19,20). The molecule has 1 aliphatic rings. The zero-order valence-corrected chi connectivity index (χ0v) is 14.7. The second kappa shape index (κ2) is 8.39. The van der Waals surface area contributed by atoms with Crippen LogP contribution in [0.3, 0.4) is 0 Å². The van der Waals surface area contributed by atoms with Crippen molar-refractivity contribution in [1.29, 1.82) is 0 Å². The Morgan fingerprint density at radius 2 is 1.86 bits per heavy atom. The van der Waals surface area contributed by atoms with Gasteiger partial charge in [-0.2, -0.15) is 0 Å². The van der Waals surface area contributed by atoms with Gasteiger partial charge in [-0.15, -0.1) is 0 Å². The Bertz CT molecular complexity index is 518. The number of halogens is 1. The molecule has 0 saturated heterocycles. The van der Waals surface area contributed by atoms with E-state index in [1.54, 1.807) is 6.07 Å². The SMILES string of the molecule is CCOc1cc(Br)c(NC(=O)CNCC2CC2)cc1OCC. The maximum atomic E-state index is 12.0. The van der Waals surface area contributed by atoms with Crippen molar-refractivity contribution in [3.8, 4) is 11.5 Å². The zero-order valence-electron chi connectivity index (χ0n) is 13.1. The van der Waals surface area contributed by atoms with Gasteiger partial charge in [-0.1, -0.05) is 0 Å². The number of carbonyl (C=O) groups excluding carboxylic acids is 1. The number of rotatable bonds is 9. The molecular formula is C16H23BrN2O3. The maximum Gasteiger partial charge on any atom is 0.238 e. The molecular weight excluding hydrogens is 348 g/mol. The molecule has 1 saturated carbocycles. The molecule has 5 nitrogen and oxygen atoms in total. The molecule has 1 aliphatic carbocycles. The van der Waals surface area contributed by atoms with Crippen molar-refractivity contribution in [3.63, 3.8) is 0 Å². The first-order valence-electron chi connectivity index (χ1n) is 7.73. The second-order valence-electron chi connectivity index (χ2n) is 5.27. The van der Waals surface area contributed by atoms with Crippen LogP contribution in [0, 0.1) is 5.92 Å². The fourth-order valence-corrected chi connectivity index (χ4v) is 2.50. The highest BCUT2D eigenvalue weighted by Gasteiger charge is 2.20. The number of benzene rings is 1. The summed E-state index contributed by atoms with van der Waals surface area (Å²) in [6.45, 7) is 6.17. The fourth-order valence-electron chi connectivity index (χ4n) is 2.07. The van der Waals surface area contributed by atoms with Crippen molar-refractivity contribution >= 4 is 27.5 Å². The summed E-state index contributed by atoms with van der Waals surface area (Å²) < 4.78 is 11.9. The molecule has 0 unspecified atom stereocenters. The van der Waals surface area contributed by atoms with Crippen LogP contribution < -0.4 is 20.1 Å². The minimum absolute atomic E-state index is 0.0621. The molecule has 0 aromatic heterocycles. The van der Waals surface area contributed by atoms with Crippen molar-refractivity contribution in [2.24, 2.45) is 5.92 Å². The largest absolute Gasteiger partial charge is 0.490 e. The van der Waals surface area contributed by atoms with Crippen LogP contribution in [0.25, 0.3) is 0 Å². The fraction of sp³-hybridized carbons (Fsp3) is 0.562. The van der Waals surface area contributed by atoms with E-state index in [0.717, 1.165) is 16.9 Å². The molecule has 0 radical (unpaired) electrons. The van der Waals surface area contributed by atoms with Gasteiger partial charge in [-0.05, 0) is 55.1 Å². The molecule has 6 heteroatoms. The minimum Gasteiger partial charge on any atom is -0.490 e. The molecule has 1 aromatic rings. The molecule has 122 valence electrons. The van der Waals surface area contributed by atoms with Crippen molar-refractivity contribution in [2.45, 2.75) is 26.7 Å². The molecule has 0 spiro atoms. The number of amides is 1. The zero-order chi connectivity index (χ0) is 15.9. The van der Waals surface area contributed by atoms with Crippen LogP contribution >= 0.6 is 15.9 Å². The third-order valence-corrected chi connectivity index (χ3v) is 3.98. The molecule has 0 aliphatic heterocycles. The van der Waals surface area contributed by atoms with Gasteiger partial charge in [0.1, 0.15) is 0 Å². The van der Waals surface area contributed by atoms with E-state index in [1.165, 1.54) is 12.8 Å². The monoisotopic (exact) mass is 370 g/mol. The third-order valence-electron chi connectivity index (χ3n) is 3.32. The van der Waals surface area contributed by atoms with Crippen molar-refractivity contribution < 1.29 is 14.3 Å². The quantitative estimate of drug-likeness (QED) is 0.700. The molecule has 22 heavy (non-hydrogen) atoms. The highest BCUT2D eigenvalue weighted by Crippen LogP contribution is 2.36. The minimum atomic E-state index is -0.0621. The smallest absolute Gasteiger partial charge is 0.238 e. The molecule has 2 N–H and O–H groups in total. The van der Waals surface area contributed by atoms with Gasteiger partial charge in [-0.3, -0.25) is 4.79 Å². The molecule has 0 atom stereocenters. The van der Waals surface area contributed by atoms with Gasteiger partial charge in [0.2, 0.25) is 5.91 Å². The van der Waals surface area contributed by atoms with Gasteiger partial charge in [-0.25, -0.2) is 0 Å². The van der Waals surface area contributed by atoms with Gasteiger partial charge in [0.05, 0.1) is 25.4 Å². The number of nitrogens with one attached hydrogen (secondary N) is 2. The number of ether oxygens (including phenoxy) is 2. The third kappa shape index (κ3) is 5.18. The van der Waals surface area contributed by atoms with Crippen LogP contribution in [-0.4, -0.2) is 32.2 Å². The number of carbonyl (C=O) groups is 1. The van der Waals surface area contributed by atoms with Crippen LogP contribution in [0.4, 0.5) is 5.69 Å². The van der Waals surface area contributed by atoms with Crippen LogP contribution in [0.2, 0.25) is 0 Å². The van der Waals surface area contributed by atoms with Gasteiger partial charge in [0, 0.05) is 16.6 Å². The van der Waals surface area contributed by atoms with E-state index in [4.69, 9.17) is 9.47 Å². The molecule has 0 heterocycles. The van der Waals surface area contributed by atoms with Crippen LogP contribution in [0.1, 0.15) is 26.7 Å². The Balaban J connectivity index is 1.98. The van der Waals surface area contributed by atoms with Crippen LogP contribution in [0.5, 0.6) is 11.5 Å². The van der Waals surface area contributed by atoms with E-state index < -0.39 is 0 Å². The predicted molar refractivity (Wildman–Crippen MR) is 90.7 cm³/mol. The first kappa shape index (κ1) is 17.1. The summed E-state index contributed by atoms with van der Waals surface area (Å²) in [5.74, 6) is 2.00. The highest BCUT2D eigenvalue weighted by molar-refractivity contribution is 9.10. The summed E-state index contributed by atoms with van der Waals surface area (Å²) in [5, 5.41) is 6.06. The molecule has 1 aromatic carbocycles. The van der Waals surface area contributed by atoms with Crippen LogP contribution in [-0.2, 0) is 4.79 Å². The first-order chi connectivity index (χ1) is 10.6. The van der Waals surface area contributed by atoms with Crippen molar-refractivity contribution in [2.75, 3.05) is 31.6 Å². The highest BCUT2D eigenvalue weighted by atomic mass is 79.9. The second-order valence-corrected chi connectivity index (χ2v) is 6.12. The Labute approximate surface area is 139 Å². The van der Waals surface area contributed by atoms with E-state index >= 15 is 0 Å². The Hall–Kier alpha value is -1.27. The summed E-state index contributed by atoms with van der Waals surface area (Å²) in [6.07, 6.45) is 2.55.